The summed E-state index contributed by atoms with van der Waals surface area (Å²) in [6.45, 7) is 4.19. The number of benzene rings is 1. The van der Waals surface area contributed by atoms with Crippen LogP contribution in [0.2, 0.25) is 0 Å². The Morgan fingerprint density at radius 1 is 1.16 bits per heavy atom. The molecule has 2 rings (SSSR count). The first-order valence-electron chi connectivity index (χ1n) is 7.81. The fourth-order valence-electron chi connectivity index (χ4n) is 2.76. The van der Waals surface area contributed by atoms with E-state index in [-0.39, 0.29) is 6.10 Å². The fourth-order valence-corrected chi connectivity index (χ4v) is 2.76. The third-order valence-electron chi connectivity index (χ3n) is 3.84. The molecule has 106 valence electrons. The van der Waals surface area contributed by atoms with Gasteiger partial charge < -0.3 is 10.1 Å². The van der Waals surface area contributed by atoms with Gasteiger partial charge in [0, 0.05) is 6.54 Å². The van der Waals surface area contributed by atoms with E-state index in [1.54, 1.807) is 0 Å². The lowest BCUT2D eigenvalue weighted by Gasteiger charge is -2.28. The Hall–Kier alpha value is -0.860. The van der Waals surface area contributed by atoms with E-state index in [0.29, 0.717) is 6.10 Å². The van der Waals surface area contributed by atoms with Gasteiger partial charge >= 0.3 is 0 Å². The first-order valence-corrected chi connectivity index (χ1v) is 7.81. The second-order valence-electron chi connectivity index (χ2n) is 5.50. The lowest BCUT2D eigenvalue weighted by atomic mass is 9.97. The molecule has 1 saturated carbocycles. The Morgan fingerprint density at radius 2 is 1.89 bits per heavy atom. The van der Waals surface area contributed by atoms with Crippen molar-refractivity contribution >= 4 is 0 Å². The lowest BCUT2D eigenvalue weighted by Crippen LogP contribution is -2.28. The van der Waals surface area contributed by atoms with Gasteiger partial charge in [0.05, 0.1) is 12.2 Å². The molecule has 0 bridgehead atoms. The summed E-state index contributed by atoms with van der Waals surface area (Å²) in [5.41, 5.74) is 1.30. The van der Waals surface area contributed by atoms with Gasteiger partial charge in [0.2, 0.25) is 0 Å². The van der Waals surface area contributed by atoms with Crippen molar-refractivity contribution < 1.29 is 4.74 Å². The number of nitrogens with one attached hydrogen (secondary N) is 1. The van der Waals surface area contributed by atoms with Crippen molar-refractivity contribution in [1.82, 2.24) is 5.32 Å². The number of hydrogen-bond donors (Lipinski definition) is 1. The van der Waals surface area contributed by atoms with Crippen LogP contribution in [0.3, 0.4) is 0 Å². The van der Waals surface area contributed by atoms with E-state index in [4.69, 9.17) is 4.74 Å². The molecule has 0 aromatic heterocycles. The molecule has 0 radical (unpaired) electrons. The van der Waals surface area contributed by atoms with Crippen molar-refractivity contribution in [3.8, 4) is 0 Å². The van der Waals surface area contributed by atoms with Gasteiger partial charge in [-0.2, -0.15) is 0 Å². The highest BCUT2D eigenvalue weighted by Crippen LogP contribution is 2.26. The molecular weight excluding hydrogens is 234 g/mol. The fraction of sp³-hybridized carbons (Fsp3) is 0.647. The minimum absolute atomic E-state index is 0.204. The van der Waals surface area contributed by atoms with Gasteiger partial charge in [0.1, 0.15) is 0 Å². The topological polar surface area (TPSA) is 21.3 Å². The Labute approximate surface area is 117 Å². The number of hydrogen-bond acceptors (Lipinski definition) is 2. The normalized spacial score (nSPS) is 18.4. The highest BCUT2D eigenvalue weighted by atomic mass is 16.5. The van der Waals surface area contributed by atoms with E-state index < -0.39 is 0 Å². The summed E-state index contributed by atoms with van der Waals surface area (Å²) in [5, 5.41) is 3.50. The van der Waals surface area contributed by atoms with Gasteiger partial charge in [-0.3, -0.25) is 0 Å². The summed E-state index contributed by atoms with van der Waals surface area (Å²) in [6.07, 6.45) is 8.34. The summed E-state index contributed by atoms with van der Waals surface area (Å²) in [4.78, 5) is 0. The molecule has 2 nitrogen and oxygen atoms in total. The molecule has 1 aliphatic carbocycles. The molecule has 1 atom stereocenters. The Bertz CT molecular complexity index is 332. The standard InChI is InChI=1S/C17H27NO/c1-2-13-18-14-17(15-9-5-3-6-10-15)19-16-11-7-4-8-12-16/h3,5-6,9-10,16-18H,2,4,7-8,11-14H2,1H3. The van der Waals surface area contributed by atoms with Crippen LogP contribution >= 0.6 is 0 Å². The van der Waals surface area contributed by atoms with Crippen LogP contribution in [0.1, 0.15) is 57.1 Å². The average molecular weight is 261 g/mol. The highest BCUT2D eigenvalue weighted by molar-refractivity contribution is 5.18. The number of ether oxygens (including phenoxy) is 1. The molecule has 0 amide bonds. The first-order chi connectivity index (χ1) is 9.40. The maximum Gasteiger partial charge on any atom is 0.0952 e. The largest absolute Gasteiger partial charge is 0.369 e. The third-order valence-corrected chi connectivity index (χ3v) is 3.84. The van der Waals surface area contributed by atoms with Gasteiger partial charge in [-0.15, -0.1) is 0 Å². The van der Waals surface area contributed by atoms with E-state index in [9.17, 15) is 0 Å². The summed E-state index contributed by atoms with van der Waals surface area (Å²) in [5.74, 6) is 0. The van der Waals surface area contributed by atoms with Crippen LogP contribution in [0.4, 0.5) is 0 Å². The van der Waals surface area contributed by atoms with Crippen LogP contribution in [0.15, 0.2) is 30.3 Å². The van der Waals surface area contributed by atoms with Crippen molar-refractivity contribution in [2.75, 3.05) is 13.1 Å². The predicted octanol–water partition coefficient (Wildman–Crippen LogP) is 4.08. The summed E-state index contributed by atoms with van der Waals surface area (Å²) < 4.78 is 6.36. The molecule has 1 aromatic carbocycles. The summed E-state index contributed by atoms with van der Waals surface area (Å²) >= 11 is 0. The van der Waals surface area contributed by atoms with Crippen LogP contribution in [0, 0.1) is 0 Å². The maximum atomic E-state index is 6.36. The predicted molar refractivity (Wildman–Crippen MR) is 80.3 cm³/mol. The van der Waals surface area contributed by atoms with Crippen LogP contribution in [0.25, 0.3) is 0 Å². The maximum absolute atomic E-state index is 6.36. The zero-order chi connectivity index (χ0) is 13.3. The zero-order valence-electron chi connectivity index (χ0n) is 12.1. The van der Waals surface area contributed by atoms with Gasteiger partial charge in [0.25, 0.3) is 0 Å². The minimum Gasteiger partial charge on any atom is -0.369 e. The second kappa shape index (κ2) is 8.34. The SMILES string of the molecule is CCCNCC(OC1CCCCC1)c1ccccc1. The first kappa shape index (κ1) is 14.5. The highest BCUT2D eigenvalue weighted by Gasteiger charge is 2.20. The smallest absolute Gasteiger partial charge is 0.0952 e. The zero-order valence-corrected chi connectivity index (χ0v) is 12.1. The second-order valence-corrected chi connectivity index (χ2v) is 5.50. The quantitative estimate of drug-likeness (QED) is 0.747. The van der Waals surface area contributed by atoms with Crippen molar-refractivity contribution in [3.05, 3.63) is 35.9 Å². The van der Waals surface area contributed by atoms with E-state index >= 15 is 0 Å². The van der Waals surface area contributed by atoms with Gasteiger partial charge in [-0.1, -0.05) is 56.5 Å². The van der Waals surface area contributed by atoms with Crippen LogP contribution < -0.4 is 5.32 Å². The monoisotopic (exact) mass is 261 g/mol. The van der Waals surface area contributed by atoms with Gasteiger partial charge in [-0.05, 0) is 31.4 Å². The van der Waals surface area contributed by atoms with E-state index in [0.717, 1.165) is 13.1 Å². The van der Waals surface area contributed by atoms with E-state index in [1.165, 1.54) is 44.1 Å². The molecule has 0 aliphatic heterocycles. The molecule has 1 aliphatic rings. The number of rotatable bonds is 7. The molecular formula is C17H27NO. The minimum atomic E-state index is 0.204. The molecule has 1 N–H and O–H groups in total. The average Bonchev–Trinajstić information content (AvgIpc) is 2.48. The summed E-state index contributed by atoms with van der Waals surface area (Å²) in [6, 6.07) is 10.6. The summed E-state index contributed by atoms with van der Waals surface area (Å²) in [7, 11) is 0. The Balaban J connectivity index is 1.92. The molecule has 0 saturated heterocycles. The van der Waals surface area contributed by atoms with Crippen molar-refractivity contribution in [2.24, 2.45) is 0 Å². The van der Waals surface area contributed by atoms with E-state index in [1.807, 2.05) is 0 Å². The van der Waals surface area contributed by atoms with Crippen molar-refractivity contribution in [1.29, 1.82) is 0 Å². The Morgan fingerprint density at radius 3 is 2.58 bits per heavy atom. The molecule has 2 heteroatoms. The molecule has 0 spiro atoms. The molecule has 0 heterocycles. The van der Waals surface area contributed by atoms with Crippen molar-refractivity contribution in [3.63, 3.8) is 0 Å². The Kier molecular flexibility index (Phi) is 6.38. The third kappa shape index (κ3) is 4.96. The van der Waals surface area contributed by atoms with Gasteiger partial charge in [0.15, 0.2) is 0 Å². The van der Waals surface area contributed by atoms with Gasteiger partial charge in [-0.25, -0.2) is 0 Å². The molecule has 1 aromatic rings. The van der Waals surface area contributed by atoms with Crippen molar-refractivity contribution in [2.45, 2.75) is 57.7 Å². The van der Waals surface area contributed by atoms with Crippen LogP contribution in [-0.2, 0) is 4.74 Å². The van der Waals surface area contributed by atoms with Crippen LogP contribution in [0.5, 0.6) is 0 Å². The molecule has 1 unspecified atom stereocenters. The van der Waals surface area contributed by atoms with E-state index in [2.05, 4.69) is 42.6 Å². The lowest BCUT2D eigenvalue weighted by molar-refractivity contribution is -0.0305. The van der Waals surface area contributed by atoms with Crippen LogP contribution in [-0.4, -0.2) is 19.2 Å². The molecule has 19 heavy (non-hydrogen) atoms. The molecule has 1 fully saturated rings.